The molecule has 0 unspecified atom stereocenters. The van der Waals surface area contributed by atoms with Crippen molar-refractivity contribution in [2.75, 3.05) is 0 Å². The van der Waals surface area contributed by atoms with Crippen molar-refractivity contribution in [2.45, 2.75) is 44.9 Å². The Morgan fingerprint density at radius 3 is 1.33 bits per heavy atom. The Morgan fingerprint density at radius 1 is 0.442 bits per heavy atom. The predicted molar refractivity (Wildman–Crippen MR) is 176 cm³/mol. The second kappa shape index (κ2) is 8.39. The minimum Gasteiger partial charge on any atom is -0.246 e. The average Bonchev–Trinajstić information content (AvgIpc) is 3.60. The van der Waals surface area contributed by atoms with E-state index in [0.717, 1.165) is 40.3 Å². The Kier molecular flexibility index (Phi) is 4.83. The van der Waals surface area contributed by atoms with E-state index in [9.17, 15) is 0 Å². The van der Waals surface area contributed by atoms with Crippen molar-refractivity contribution in [1.82, 2.24) is 9.97 Å². The first kappa shape index (κ1) is 24.7. The van der Waals surface area contributed by atoms with Gasteiger partial charge in [0, 0.05) is 28.4 Å². The van der Waals surface area contributed by atoms with Crippen LogP contribution in [-0.4, -0.2) is 9.97 Å². The summed E-state index contributed by atoms with van der Waals surface area (Å²) in [5.41, 5.74) is 19.7. The molecule has 0 bridgehead atoms. The van der Waals surface area contributed by atoms with Gasteiger partial charge in [-0.15, -0.1) is 0 Å². The van der Waals surface area contributed by atoms with Crippen molar-refractivity contribution in [3.63, 3.8) is 0 Å². The largest absolute Gasteiger partial charge is 0.246 e. The van der Waals surface area contributed by atoms with Crippen molar-refractivity contribution >= 4 is 0 Å². The van der Waals surface area contributed by atoms with Crippen molar-refractivity contribution in [3.05, 3.63) is 143 Å². The number of rotatable bonds is 2. The van der Waals surface area contributed by atoms with Gasteiger partial charge in [-0.3, -0.25) is 0 Å². The molecule has 0 saturated heterocycles. The first-order valence-corrected chi connectivity index (χ1v) is 15.3. The number of fused-ring (bicyclic) bond motifs is 9. The van der Waals surface area contributed by atoms with Gasteiger partial charge in [-0.2, -0.15) is 0 Å². The molecule has 0 amide bonds. The quantitative estimate of drug-likeness (QED) is 0.213. The molecule has 2 heteroatoms. The van der Waals surface area contributed by atoms with Gasteiger partial charge in [0.2, 0.25) is 0 Å². The molecule has 43 heavy (non-hydrogen) atoms. The zero-order valence-corrected chi connectivity index (χ0v) is 25.0. The lowest BCUT2D eigenvalue weighted by Crippen LogP contribution is -2.15. The molecule has 9 rings (SSSR count). The molecule has 0 fully saturated rings. The maximum Gasteiger partial charge on any atom is 0.0932 e. The molecular weight excluding hydrogens is 520 g/mol. The summed E-state index contributed by atoms with van der Waals surface area (Å²) in [6.07, 6.45) is 0.879. The number of pyridine rings is 2. The smallest absolute Gasteiger partial charge is 0.0932 e. The zero-order chi connectivity index (χ0) is 29.1. The Morgan fingerprint density at radius 2 is 0.860 bits per heavy atom. The van der Waals surface area contributed by atoms with Gasteiger partial charge in [0.15, 0.2) is 0 Å². The van der Waals surface area contributed by atoms with Crippen LogP contribution in [0.15, 0.2) is 109 Å². The van der Waals surface area contributed by atoms with E-state index in [1.54, 1.807) is 0 Å². The fraction of sp³-hybridized carbons (Fsp3) is 0.171. The molecule has 2 nitrogen and oxygen atoms in total. The predicted octanol–water partition coefficient (Wildman–Crippen LogP) is 9.99. The summed E-state index contributed by atoms with van der Waals surface area (Å²) in [5.74, 6) is 0. The van der Waals surface area contributed by atoms with Crippen LogP contribution in [0, 0.1) is 0 Å². The maximum atomic E-state index is 5.27. The first-order chi connectivity index (χ1) is 20.8. The minimum atomic E-state index is -0.0342. The van der Waals surface area contributed by atoms with Crippen LogP contribution >= 0.6 is 0 Å². The highest BCUT2D eigenvalue weighted by Gasteiger charge is 2.36. The third kappa shape index (κ3) is 3.35. The van der Waals surface area contributed by atoms with Crippen LogP contribution in [0.4, 0.5) is 0 Å². The topological polar surface area (TPSA) is 25.8 Å². The van der Waals surface area contributed by atoms with E-state index in [-0.39, 0.29) is 10.8 Å². The van der Waals surface area contributed by atoms with Gasteiger partial charge in [0.1, 0.15) is 0 Å². The van der Waals surface area contributed by atoms with E-state index < -0.39 is 0 Å². The second-order valence-corrected chi connectivity index (χ2v) is 13.4. The molecule has 0 aliphatic heterocycles. The molecule has 0 atom stereocenters. The SMILES string of the molecule is CC1(C)c2ccccc2-c2ccc(-c3ccc4c(n3)-c3nc(-c5ccc6c(c5)C(C)(C)c5ccccc5-6)ccc3C4)cc21. The van der Waals surface area contributed by atoms with Crippen molar-refractivity contribution in [3.8, 4) is 56.2 Å². The molecule has 0 N–H and O–H groups in total. The maximum absolute atomic E-state index is 5.27. The van der Waals surface area contributed by atoms with E-state index >= 15 is 0 Å². The summed E-state index contributed by atoms with van der Waals surface area (Å²) in [4.78, 5) is 10.5. The average molecular weight is 553 g/mol. The van der Waals surface area contributed by atoms with E-state index in [4.69, 9.17) is 9.97 Å². The molecule has 2 aromatic heterocycles. The Bertz CT molecular complexity index is 2010. The lowest BCUT2D eigenvalue weighted by atomic mass is 9.82. The van der Waals surface area contributed by atoms with Crippen LogP contribution in [0.25, 0.3) is 56.2 Å². The summed E-state index contributed by atoms with van der Waals surface area (Å²) in [5, 5.41) is 0. The van der Waals surface area contributed by atoms with Gasteiger partial charge >= 0.3 is 0 Å². The Hall–Kier alpha value is -4.82. The fourth-order valence-electron chi connectivity index (χ4n) is 7.93. The van der Waals surface area contributed by atoms with Crippen LogP contribution in [0.1, 0.15) is 61.1 Å². The second-order valence-electron chi connectivity index (χ2n) is 13.4. The summed E-state index contributed by atoms with van der Waals surface area (Å²) < 4.78 is 0. The fourth-order valence-corrected chi connectivity index (χ4v) is 7.93. The lowest BCUT2D eigenvalue weighted by Gasteiger charge is -2.22. The summed E-state index contributed by atoms with van der Waals surface area (Å²) in [6.45, 7) is 9.33. The van der Waals surface area contributed by atoms with Crippen molar-refractivity contribution in [2.24, 2.45) is 0 Å². The van der Waals surface area contributed by atoms with Crippen molar-refractivity contribution in [1.29, 1.82) is 0 Å². The molecule has 3 aliphatic rings. The number of hydrogen-bond donors (Lipinski definition) is 0. The van der Waals surface area contributed by atoms with E-state index in [1.165, 1.54) is 55.6 Å². The monoisotopic (exact) mass is 552 g/mol. The molecule has 0 saturated carbocycles. The first-order valence-electron chi connectivity index (χ1n) is 15.3. The van der Waals surface area contributed by atoms with Gasteiger partial charge in [-0.05, 0) is 79.9 Å². The van der Waals surface area contributed by atoms with Crippen LogP contribution < -0.4 is 0 Å². The van der Waals surface area contributed by atoms with Crippen LogP contribution in [0.5, 0.6) is 0 Å². The number of hydrogen-bond acceptors (Lipinski definition) is 2. The van der Waals surface area contributed by atoms with Crippen molar-refractivity contribution < 1.29 is 0 Å². The van der Waals surface area contributed by atoms with Gasteiger partial charge < -0.3 is 0 Å². The summed E-state index contributed by atoms with van der Waals surface area (Å²) in [7, 11) is 0. The summed E-state index contributed by atoms with van der Waals surface area (Å²) in [6, 6.07) is 40.2. The zero-order valence-electron chi connectivity index (χ0n) is 25.0. The van der Waals surface area contributed by atoms with Crippen LogP contribution in [0.3, 0.4) is 0 Å². The lowest BCUT2D eigenvalue weighted by molar-refractivity contribution is 0.660. The molecule has 2 heterocycles. The number of aromatic nitrogens is 2. The number of benzene rings is 4. The third-order valence-electron chi connectivity index (χ3n) is 10.3. The minimum absolute atomic E-state index is 0.0342. The van der Waals surface area contributed by atoms with Gasteiger partial charge in [0.25, 0.3) is 0 Å². The molecule has 4 aromatic carbocycles. The van der Waals surface area contributed by atoms with E-state index in [2.05, 4.69) is 137 Å². The Labute approximate surface area is 253 Å². The van der Waals surface area contributed by atoms with Crippen LogP contribution in [0.2, 0.25) is 0 Å². The number of nitrogens with zero attached hydrogens (tertiary/aromatic N) is 2. The summed E-state index contributed by atoms with van der Waals surface area (Å²) >= 11 is 0. The van der Waals surface area contributed by atoms with Gasteiger partial charge in [0.05, 0.1) is 22.8 Å². The van der Waals surface area contributed by atoms with Gasteiger partial charge in [-0.1, -0.05) is 113 Å². The highest BCUT2D eigenvalue weighted by molar-refractivity contribution is 5.85. The van der Waals surface area contributed by atoms with Crippen LogP contribution in [-0.2, 0) is 17.3 Å². The molecule has 206 valence electrons. The Balaban J connectivity index is 1.11. The molecule has 0 radical (unpaired) electrons. The molecular formula is C41H32N2. The molecule has 3 aliphatic carbocycles. The van der Waals surface area contributed by atoms with Gasteiger partial charge in [-0.25, -0.2) is 9.97 Å². The third-order valence-corrected chi connectivity index (χ3v) is 10.3. The van der Waals surface area contributed by atoms with E-state index in [1.807, 2.05) is 0 Å². The molecule has 0 spiro atoms. The molecule has 6 aromatic rings. The highest BCUT2D eigenvalue weighted by atomic mass is 14.8. The highest BCUT2D eigenvalue weighted by Crippen LogP contribution is 2.51. The van der Waals surface area contributed by atoms with E-state index in [0.29, 0.717) is 0 Å². The standard InChI is InChI=1S/C41H32N2/c1-40(2)32-11-7-5-9-28(32)30-17-13-24(22-34(30)40)36-19-15-26-21-27-16-20-37(43-39(27)38(26)42-36)25-14-18-31-29-10-6-8-12-33(29)41(3,4)35(31)23-25/h5-20,22-23H,21H2,1-4H3. The normalized spacial score (nSPS) is 15.7.